The van der Waals surface area contributed by atoms with Crippen LogP contribution in [-0.2, 0) is 16.6 Å². The van der Waals surface area contributed by atoms with Crippen molar-refractivity contribution in [1.82, 2.24) is 14.9 Å². The molecule has 0 aliphatic rings. The van der Waals surface area contributed by atoms with Gasteiger partial charge < -0.3 is 5.73 Å². The molecular weight excluding hydrogens is 356 g/mol. The third kappa shape index (κ3) is 3.52. The molecule has 0 aliphatic heterocycles. The van der Waals surface area contributed by atoms with Gasteiger partial charge in [0, 0.05) is 28.8 Å². The highest BCUT2D eigenvalue weighted by atomic mass is 79.9. The Hall–Kier alpha value is -1.22. The van der Waals surface area contributed by atoms with Crippen LogP contribution in [0.25, 0.3) is 0 Å². The summed E-state index contributed by atoms with van der Waals surface area (Å²) in [6, 6.07) is 3.06. The van der Waals surface area contributed by atoms with Crippen molar-refractivity contribution in [2.75, 3.05) is 0 Å². The molecule has 1 aromatic heterocycles. The summed E-state index contributed by atoms with van der Waals surface area (Å²) in [7, 11) is -3.67. The summed E-state index contributed by atoms with van der Waals surface area (Å²) in [6.45, 7) is 3.88. The lowest BCUT2D eigenvalue weighted by Gasteiger charge is -2.15. The molecule has 114 valence electrons. The molecule has 1 heterocycles. The second-order valence-corrected chi connectivity index (χ2v) is 7.28. The quantitative estimate of drug-likeness (QED) is 0.746. The van der Waals surface area contributed by atoms with Crippen LogP contribution >= 0.6 is 15.9 Å². The minimum absolute atomic E-state index is 0.193. The Morgan fingerprint density at radius 3 is 2.76 bits per heavy atom. The van der Waals surface area contributed by atoms with Gasteiger partial charge >= 0.3 is 0 Å². The van der Waals surface area contributed by atoms with Crippen LogP contribution in [0, 0.1) is 6.92 Å². The minimum Gasteiger partial charge on any atom is -0.326 e. The van der Waals surface area contributed by atoms with Crippen molar-refractivity contribution in [2.24, 2.45) is 5.73 Å². The first-order valence-electron chi connectivity index (χ1n) is 6.35. The van der Waals surface area contributed by atoms with Crippen molar-refractivity contribution in [3.05, 3.63) is 45.7 Å². The van der Waals surface area contributed by atoms with E-state index in [0.29, 0.717) is 4.47 Å². The Labute approximate surface area is 132 Å². The number of aryl methyl sites for hydroxylation is 1. The number of nitrogens with zero attached hydrogens (tertiary/aromatic N) is 1. The number of nitrogens with two attached hydrogens (primary N) is 1. The molecule has 0 radical (unpaired) electrons. The van der Waals surface area contributed by atoms with Gasteiger partial charge in [-0.3, -0.25) is 5.10 Å². The zero-order valence-corrected chi connectivity index (χ0v) is 14.1. The van der Waals surface area contributed by atoms with Crippen molar-refractivity contribution in [3.8, 4) is 0 Å². The molecule has 8 heteroatoms. The maximum atomic E-state index is 12.6. The van der Waals surface area contributed by atoms with Gasteiger partial charge in [0.25, 0.3) is 0 Å². The second-order valence-electron chi connectivity index (χ2n) is 4.80. The minimum atomic E-state index is -3.67. The molecule has 0 saturated carbocycles. The van der Waals surface area contributed by atoms with E-state index < -0.39 is 10.0 Å². The second kappa shape index (κ2) is 6.27. The largest absolute Gasteiger partial charge is 0.326 e. The number of nitrogens with one attached hydrogen (secondary N) is 2. The normalized spacial score (nSPS) is 13.3. The maximum absolute atomic E-state index is 12.6. The van der Waals surface area contributed by atoms with E-state index in [1.165, 1.54) is 0 Å². The third-order valence-corrected chi connectivity index (χ3v) is 6.04. The fourth-order valence-corrected chi connectivity index (χ4v) is 4.28. The first-order chi connectivity index (χ1) is 9.85. The van der Waals surface area contributed by atoms with Crippen molar-refractivity contribution < 1.29 is 8.42 Å². The molecule has 6 nitrogen and oxygen atoms in total. The van der Waals surface area contributed by atoms with Crippen molar-refractivity contribution in [1.29, 1.82) is 0 Å². The number of hydrogen-bond acceptors (Lipinski definition) is 4. The smallest absolute Gasteiger partial charge is 0.242 e. The zero-order chi connectivity index (χ0) is 15.6. The zero-order valence-electron chi connectivity index (χ0n) is 11.7. The van der Waals surface area contributed by atoms with Crippen LogP contribution < -0.4 is 10.5 Å². The number of H-pyrrole nitrogens is 1. The maximum Gasteiger partial charge on any atom is 0.242 e. The number of rotatable bonds is 5. The first kappa shape index (κ1) is 16.2. The summed E-state index contributed by atoms with van der Waals surface area (Å²) < 4.78 is 28.3. The van der Waals surface area contributed by atoms with Gasteiger partial charge in [0.05, 0.1) is 11.1 Å². The van der Waals surface area contributed by atoms with E-state index in [9.17, 15) is 8.42 Å². The SMILES string of the molecule is Cc1cc(CN)cc(S(=O)(=O)NC(C)c2cn[nH]c2)c1Br. The van der Waals surface area contributed by atoms with E-state index in [1.54, 1.807) is 25.4 Å². The van der Waals surface area contributed by atoms with Gasteiger partial charge in [-0.05, 0) is 47.0 Å². The van der Waals surface area contributed by atoms with E-state index in [2.05, 4.69) is 30.8 Å². The van der Waals surface area contributed by atoms with E-state index in [4.69, 9.17) is 5.73 Å². The number of aromatic amines is 1. The average Bonchev–Trinajstić information content (AvgIpc) is 2.95. The molecule has 0 fully saturated rings. The number of benzene rings is 1. The molecule has 4 N–H and O–H groups in total. The van der Waals surface area contributed by atoms with Crippen LogP contribution in [0.15, 0.2) is 33.9 Å². The molecule has 0 aliphatic carbocycles. The van der Waals surface area contributed by atoms with Gasteiger partial charge in [-0.2, -0.15) is 5.10 Å². The van der Waals surface area contributed by atoms with Crippen molar-refractivity contribution >= 4 is 26.0 Å². The molecule has 0 amide bonds. The molecule has 2 rings (SSSR count). The molecule has 0 spiro atoms. The fraction of sp³-hybridized carbons (Fsp3) is 0.308. The average molecular weight is 373 g/mol. The van der Waals surface area contributed by atoms with Gasteiger partial charge in [-0.1, -0.05) is 6.07 Å². The van der Waals surface area contributed by atoms with Crippen LogP contribution in [0.1, 0.15) is 29.7 Å². The van der Waals surface area contributed by atoms with E-state index in [1.807, 2.05) is 13.0 Å². The van der Waals surface area contributed by atoms with E-state index >= 15 is 0 Å². The molecular formula is C13H17BrN4O2S. The van der Waals surface area contributed by atoms with Crippen molar-refractivity contribution in [2.45, 2.75) is 31.3 Å². The standard InChI is InChI=1S/C13H17BrN4O2S/c1-8-3-10(5-15)4-12(13(8)14)21(19,20)18-9(2)11-6-16-17-7-11/h3-4,6-7,9,18H,5,15H2,1-2H3,(H,16,17). The number of aromatic nitrogens is 2. The van der Waals surface area contributed by atoms with Gasteiger partial charge in [-0.15, -0.1) is 0 Å². The summed E-state index contributed by atoms with van der Waals surface area (Å²) in [6.07, 6.45) is 3.24. The fourth-order valence-electron chi connectivity index (χ4n) is 1.98. The summed E-state index contributed by atoms with van der Waals surface area (Å²) in [5.74, 6) is 0. The molecule has 2 aromatic rings. The lowest BCUT2D eigenvalue weighted by atomic mass is 10.1. The Bertz CT molecular complexity index is 729. The van der Waals surface area contributed by atoms with Crippen LogP contribution in [0.2, 0.25) is 0 Å². The Morgan fingerprint density at radius 2 is 2.19 bits per heavy atom. The number of sulfonamides is 1. The lowest BCUT2D eigenvalue weighted by Crippen LogP contribution is -2.27. The highest BCUT2D eigenvalue weighted by Gasteiger charge is 2.23. The summed E-state index contributed by atoms with van der Waals surface area (Å²) in [5, 5.41) is 6.48. The van der Waals surface area contributed by atoms with Gasteiger partial charge in [-0.25, -0.2) is 13.1 Å². The Kier molecular flexibility index (Phi) is 4.82. The van der Waals surface area contributed by atoms with Crippen LogP contribution in [0.5, 0.6) is 0 Å². The topological polar surface area (TPSA) is 101 Å². The van der Waals surface area contributed by atoms with E-state index in [0.717, 1.165) is 16.7 Å². The summed E-state index contributed by atoms with van der Waals surface area (Å²) in [5.41, 5.74) is 7.98. The predicted octanol–water partition coefficient (Wildman–Crippen LogP) is 1.98. The third-order valence-electron chi connectivity index (χ3n) is 3.16. The monoisotopic (exact) mass is 372 g/mol. The van der Waals surface area contributed by atoms with Crippen molar-refractivity contribution in [3.63, 3.8) is 0 Å². The first-order valence-corrected chi connectivity index (χ1v) is 8.63. The molecule has 1 atom stereocenters. The Balaban J connectivity index is 2.38. The van der Waals surface area contributed by atoms with Crippen LogP contribution in [-0.4, -0.2) is 18.6 Å². The highest BCUT2D eigenvalue weighted by molar-refractivity contribution is 9.10. The molecule has 0 bridgehead atoms. The lowest BCUT2D eigenvalue weighted by molar-refractivity contribution is 0.566. The van der Waals surface area contributed by atoms with Gasteiger partial charge in [0.2, 0.25) is 10.0 Å². The highest BCUT2D eigenvalue weighted by Crippen LogP contribution is 2.28. The summed E-state index contributed by atoms with van der Waals surface area (Å²) in [4.78, 5) is 0.193. The van der Waals surface area contributed by atoms with Crippen LogP contribution in [0.4, 0.5) is 0 Å². The van der Waals surface area contributed by atoms with Gasteiger partial charge in [0.1, 0.15) is 0 Å². The number of halogens is 1. The molecule has 1 unspecified atom stereocenters. The van der Waals surface area contributed by atoms with Gasteiger partial charge in [0.15, 0.2) is 0 Å². The summed E-state index contributed by atoms with van der Waals surface area (Å²) >= 11 is 3.34. The van der Waals surface area contributed by atoms with Crippen LogP contribution in [0.3, 0.4) is 0 Å². The Morgan fingerprint density at radius 1 is 1.48 bits per heavy atom. The molecule has 1 aromatic carbocycles. The van der Waals surface area contributed by atoms with E-state index in [-0.39, 0.29) is 17.5 Å². The number of hydrogen-bond donors (Lipinski definition) is 3. The predicted molar refractivity (Wildman–Crippen MR) is 84.1 cm³/mol. The molecule has 0 saturated heterocycles. The molecule has 21 heavy (non-hydrogen) atoms.